The maximum Gasteiger partial charge on any atom is 0.223 e. The topological polar surface area (TPSA) is 108 Å². The Morgan fingerprint density at radius 2 is 2.14 bits per heavy atom. The number of hydrogen-bond acceptors (Lipinski definition) is 8. The number of aryl methyl sites for hydroxylation is 1. The van der Waals surface area contributed by atoms with Gasteiger partial charge in [-0.2, -0.15) is 4.52 Å². The lowest BCUT2D eigenvalue weighted by Crippen LogP contribution is -2.38. The smallest absolute Gasteiger partial charge is 0.223 e. The Labute approximate surface area is 167 Å². The maximum absolute atomic E-state index is 6.15. The molecule has 2 N–H and O–H groups in total. The van der Waals surface area contributed by atoms with Gasteiger partial charge in [0.15, 0.2) is 17.4 Å². The molecule has 1 aromatic carbocycles. The molecule has 0 radical (unpaired) electrons. The first-order valence-corrected chi connectivity index (χ1v) is 9.70. The van der Waals surface area contributed by atoms with Gasteiger partial charge in [-0.3, -0.25) is 4.90 Å². The third kappa shape index (κ3) is 2.98. The summed E-state index contributed by atoms with van der Waals surface area (Å²) >= 11 is 0. The first-order chi connectivity index (χ1) is 14.0. The van der Waals surface area contributed by atoms with Crippen LogP contribution in [0.3, 0.4) is 0 Å². The highest BCUT2D eigenvalue weighted by molar-refractivity contribution is 5.95. The number of benzene rings is 1. The summed E-state index contributed by atoms with van der Waals surface area (Å²) in [5.74, 6) is 3.45. The molecule has 0 amide bonds. The van der Waals surface area contributed by atoms with Crippen LogP contribution in [0.1, 0.15) is 30.1 Å². The number of oxazole rings is 1. The SMILES string of the molecule is COc1cccc2c1nc(N)n1nc(C[C@H](C)N3CCc4oc(C)nc4C3)nc21. The van der Waals surface area contributed by atoms with Gasteiger partial charge >= 0.3 is 0 Å². The fraction of sp³-hybridized carbons (Fsp3) is 0.400. The van der Waals surface area contributed by atoms with E-state index in [1.54, 1.807) is 11.6 Å². The average Bonchev–Trinajstić information content (AvgIpc) is 3.30. The van der Waals surface area contributed by atoms with Gasteiger partial charge in [0.2, 0.25) is 5.95 Å². The molecule has 9 heteroatoms. The molecule has 29 heavy (non-hydrogen) atoms. The number of fused-ring (bicyclic) bond motifs is 4. The second-order valence-corrected chi connectivity index (χ2v) is 7.47. The molecule has 0 bridgehead atoms. The Hall–Kier alpha value is -3.20. The van der Waals surface area contributed by atoms with Gasteiger partial charge in [-0.25, -0.2) is 15.0 Å². The van der Waals surface area contributed by atoms with Gasteiger partial charge in [-0.05, 0) is 19.1 Å². The summed E-state index contributed by atoms with van der Waals surface area (Å²) in [6, 6.07) is 6.00. The summed E-state index contributed by atoms with van der Waals surface area (Å²) in [6.45, 7) is 5.79. The highest BCUT2D eigenvalue weighted by atomic mass is 16.5. The molecule has 0 aliphatic carbocycles. The quantitative estimate of drug-likeness (QED) is 0.562. The molecular weight excluding hydrogens is 370 g/mol. The first kappa shape index (κ1) is 17.9. The third-order valence-corrected chi connectivity index (χ3v) is 5.52. The van der Waals surface area contributed by atoms with E-state index in [2.05, 4.69) is 26.9 Å². The van der Waals surface area contributed by atoms with E-state index in [0.29, 0.717) is 29.3 Å². The standard InChI is InChI=1S/C20H23N7O2/c1-11(26-8-7-15-14(10-26)22-12(2)29-15)9-17-23-19-13-5-4-6-16(28-3)18(13)24-20(21)27(19)25-17/h4-6,11H,7-10H2,1-3H3,(H2,21,24)/t11-/m0/s1. The van der Waals surface area contributed by atoms with Crippen molar-refractivity contribution in [3.05, 3.63) is 41.4 Å². The average molecular weight is 393 g/mol. The zero-order valence-corrected chi connectivity index (χ0v) is 16.7. The molecule has 4 aromatic rings. The number of para-hydroxylation sites is 1. The molecule has 3 aromatic heterocycles. The monoisotopic (exact) mass is 393 g/mol. The highest BCUT2D eigenvalue weighted by Gasteiger charge is 2.26. The van der Waals surface area contributed by atoms with Crippen LogP contribution in [-0.4, -0.2) is 49.2 Å². The van der Waals surface area contributed by atoms with Crippen molar-refractivity contribution in [3.8, 4) is 5.75 Å². The lowest BCUT2D eigenvalue weighted by atomic mass is 10.1. The van der Waals surface area contributed by atoms with Gasteiger partial charge in [0, 0.05) is 44.3 Å². The fourth-order valence-corrected chi connectivity index (χ4v) is 4.04. The molecule has 9 nitrogen and oxygen atoms in total. The normalized spacial score (nSPS) is 15.7. The predicted molar refractivity (Wildman–Crippen MR) is 108 cm³/mol. The first-order valence-electron chi connectivity index (χ1n) is 9.70. The lowest BCUT2D eigenvalue weighted by molar-refractivity contribution is 0.178. The number of rotatable bonds is 4. The second kappa shape index (κ2) is 6.70. The summed E-state index contributed by atoms with van der Waals surface area (Å²) in [5.41, 5.74) is 8.58. The Balaban J connectivity index is 1.45. The van der Waals surface area contributed by atoms with Gasteiger partial charge in [0.1, 0.15) is 17.0 Å². The molecule has 5 rings (SSSR count). The summed E-state index contributed by atoms with van der Waals surface area (Å²) in [6.07, 6.45) is 1.58. The number of hydrogen-bond donors (Lipinski definition) is 1. The van der Waals surface area contributed by atoms with Crippen molar-refractivity contribution in [2.24, 2.45) is 0 Å². The van der Waals surface area contributed by atoms with E-state index in [4.69, 9.17) is 19.9 Å². The van der Waals surface area contributed by atoms with E-state index < -0.39 is 0 Å². The van der Waals surface area contributed by atoms with Crippen LogP contribution < -0.4 is 10.5 Å². The zero-order chi connectivity index (χ0) is 20.1. The molecular formula is C20H23N7O2. The third-order valence-electron chi connectivity index (χ3n) is 5.52. The van der Waals surface area contributed by atoms with Gasteiger partial charge < -0.3 is 14.9 Å². The molecule has 4 heterocycles. The van der Waals surface area contributed by atoms with Crippen LogP contribution in [0.25, 0.3) is 16.6 Å². The van der Waals surface area contributed by atoms with Crippen molar-refractivity contribution in [1.29, 1.82) is 0 Å². The van der Waals surface area contributed by atoms with Crippen LogP contribution in [0.4, 0.5) is 5.95 Å². The molecule has 1 aliphatic heterocycles. The molecule has 0 spiro atoms. The van der Waals surface area contributed by atoms with Crippen molar-refractivity contribution in [2.45, 2.75) is 39.3 Å². The molecule has 0 unspecified atom stereocenters. The van der Waals surface area contributed by atoms with Gasteiger partial charge in [0.05, 0.1) is 12.8 Å². The molecule has 0 saturated carbocycles. The largest absolute Gasteiger partial charge is 0.494 e. The summed E-state index contributed by atoms with van der Waals surface area (Å²) < 4.78 is 12.7. The van der Waals surface area contributed by atoms with Crippen molar-refractivity contribution < 1.29 is 9.15 Å². The van der Waals surface area contributed by atoms with Crippen LogP contribution in [0.15, 0.2) is 22.6 Å². The minimum atomic E-state index is 0.257. The predicted octanol–water partition coefficient (Wildman–Crippen LogP) is 2.15. The van der Waals surface area contributed by atoms with Crippen molar-refractivity contribution in [1.82, 2.24) is 29.5 Å². The van der Waals surface area contributed by atoms with Crippen LogP contribution in [-0.2, 0) is 19.4 Å². The molecule has 0 saturated heterocycles. The van der Waals surface area contributed by atoms with E-state index in [1.807, 2.05) is 25.1 Å². The molecule has 0 fully saturated rings. The minimum Gasteiger partial charge on any atom is -0.494 e. The number of aromatic nitrogens is 5. The molecule has 150 valence electrons. The Morgan fingerprint density at radius 3 is 2.97 bits per heavy atom. The van der Waals surface area contributed by atoms with Crippen LogP contribution >= 0.6 is 0 Å². The van der Waals surface area contributed by atoms with Crippen LogP contribution in [0.5, 0.6) is 5.75 Å². The number of methoxy groups -OCH3 is 1. The van der Waals surface area contributed by atoms with Crippen molar-refractivity contribution in [3.63, 3.8) is 0 Å². The lowest BCUT2D eigenvalue weighted by Gasteiger charge is -2.30. The van der Waals surface area contributed by atoms with E-state index >= 15 is 0 Å². The van der Waals surface area contributed by atoms with Crippen LogP contribution in [0.2, 0.25) is 0 Å². The van der Waals surface area contributed by atoms with Gasteiger partial charge in [0.25, 0.3) is 0 Å². The van der Waals surface area contributed by atoms with E-state index in [-0.39, 0.29) is 6.04 Å². The summed E-state index contributed by atoms with van der Waals surface area (Å²) in [5, 5.41) is 5.48. The van der Waals surface area contributed by atoms with Crippen LogP contribution in [0, 0.1) is 6.92 Å². The fourth-order valence-electron chi connectivity index (χ4n) is 4.04. The number of ether oxygens (including phenoxy) is 1. The van der Waals surface area contributed by atoms with Crippen molar-refractivity contribution in [2.75, 3.05) is 19.4 Å². The zero-order valence-electron chi connectivity index (χ0n) is 16.7. The number of nitrogens with two attached hydrogens (primary N) is 1. The second-order valence-electron chi connectivity index (χ2n) is 7.47. The Morgan fingerprint density at radius 1 is 1.28 bits per heavy atom. The molecule has 1 aliphatic rings. The number of nitrogen functional groups attached to an aromatic ring is 1. The summed E-state index contributed by atoms with van der Waals surface area (Å²) in [4.78, 5) is 16.1. The molecule has 1 atom stereocenters. The van der Waals surface area contributed by atoms with E-state index in [1.165, 1.54) is 0 Å². The maximum atomic E-state index is 6.15. The van der Waals surface area contributed by atoms with Crippen molar-refractivity contribution >= 4 is 22.5 Å². The minimum absolute atomic E-state index is 0.257. The Kier molecular flexibility index (Phi) is 4.13. The van der Waals surface area contributed by atoms with Gasteiger partial charge in [-0.15, -0.1) is 5.10 Å². The number of nitrogens with zero attached hydrogens (tertiary/aromatic N) is 6. The highest BCUT2D eigenvalue weighted by Crippen LogP contribution is 2.28. The van der Waals surface area contributed by atoms with E-state index in [0.717, 1.165) is 48.1 Å². The van der Waals surface area contributed by atoms with Gasteiger partial charge in [-0.1, -0.05) is 6.07 Å². The van der Waals surface area contributed by atoms with E-state index in [9.17, 15) is 0 Å². The Bertz CT molecular complexity index is 1210. The number of anilines is 1. The summed E-state index contributed by atoms with van der Waals surface area (Å²) in [7, 11) is 1.62.